The molecular formula is C18H23N3O2. The second-order valence-corrected chi connectivity index (χ2v) is 6.67. The zero-order valence-corrected chi connectivity index (χ0v) is 13.9. The summed E-state index contributed by atoms with van der Waals surface area (Å²) in [6.45, 7) is 7.21. The Morgan fingerprint density at radius 2 is 2.09 bits per heavy atom. The predicted molar refractivity (Wildman–Crippen MR) is 91.0 cm³/mol. The second-order valence-electron chi connectivity index (χ2n) is 6.67. The van der Waals surface area contributed by atoms with Crippen molar-refractivity contribution in [2.75, 3.05) is 18.0 Å². The smallest absolute Gasteiger partial charge is 0.211 e. The van der Waals surface area contributed by atoms with Crippen LogP contribution >= 0.6 is 0 Å². The first-order chi connectivity index (χ1) is 10.9. The van der Waals surface area contributed by atoms with Gasteiger partial charge in [-0.1, -0.05) is 32.3 Å². The number of hydrogen-bond donors (Lipinski definition) is 1. The first kappa shape index (κ1) is 17.2. The summed E-state index contributed by atoms with van der Waals surface area (Å²) in [5.74, 6) is 6.28. The first-order valence-corrected chi connectivity index (χ1v) is 7.81. The molecule has 0 atom stereocenters. The molecule has 1 saturated heterocycles. The molecule has 23 heavy (non-hydrogen) atoms. The maximum Gasteiger partial charge on any atom is 0.211 e. The van der Waals surface area contributed by atoms with Gasteiger partial charge in [-0.15, -0.1) is 0 Å². The number of carbonyl (C=O) groups excluding carboxylic acids is 1. The van der Waals surface area contributed by atoms with Gasteiger partial charge < -0.3 is 15.6 Å². The predicted octanol–water partition coefficient (Wildman–Crippen LogP) is 1.92. The fraction of sp³-hybridized carbons (Fsp3) is 0.444. The van der Waals surface area contributed by atoms with E-state index in [1.54, 1.807) is 18.3 Å². The van der Waals surface area contributed by atoms with Gasteiger partial charge in [0.1, 0.15) is 0 Å². The highest BCUT2D eigenvalue weighted by Crippen LogP contribution is 2.24. The average Bonchev–Trinajstić information content (AvgIpc) is 2.54. The molecule has 5 nitrogen and oxygen atoms in total. The summed E-state index contributed by atoms with van der Waals surface area (Å²) in [5.41, 5.74) is 2.28. The summed E-state index contributed by atoms with van der Waals surface area (Å²) in [7, 11) is 0. The van der Waals surface area contributed by atoms with Crippen LogP contribution in [0.2, 0.25) is 0 Å². The zero-order valence-electron chi connectivity index (χ0n) is 13.9. The van der Waals surface area contributed by atoms with Crippen LogP contribution in [0.5, 0.6) is 0 Å². The number of nitrogens with zero attached hydrogens (tertiary/aromatic N) is 2. The van der Waals surface area contributed by atoms with E-state index in [1.165, 1.54) is 5.57 Å². The van der Waals surface area contributed by atoms with Crippen molar-refractivity contribution in [3.05, 3.63) is 35.2 Å². The molecule has 2 heterocycles. The van der Waals surface area contributed by atoms with Gasteiger partial charge in [-0.2, -0.15) is 0 Å². The molecule has 1 fully saturated rings. The quantitative estimate of drug-likeness (QED) is 0.514. The fourth-order valence-corrected chi connectivity index (χ4v) is 2.31. The van der Waals surface area contributed by atoms with Gasteiger partial charge in [-0.05, 0) is 30.9 Å². The lowest BCUT2D eigenvalue weighted by atomic mass is 9.91. The SMILES string of the molecule is CC(C)(C)C(=O)C#CC=C1CCN(c2ncccc2[NH2+][O-])CC1. The van der Waals surface area contributed by atoms with E-state index in [1.807, 2.05) is 26.8 Å². The Kier molecular flexibility index (Phi) is 5.54. The maximum atomic E-state index is 11.8. The lowest BCUT2D eigenvalue weighted by Gasteiger charge is -2.29. The minimum absolute atomic E-state index is 0.0455. The largest absolute Gasteiger partial charge is 0.630 e. The Morgan fingerprint density at radius 3 is 2.70 bits per heavy atom. The number of hydrogen-bond acceptors (Lipinski definition) is 4. The molecule has 0 spiro atoms. The molecule has 0 aliphatic carbocycles. The monoisotopic (exact) mass is 313 g/mol. The van der Waals surface area contributed by atoms with Crippen LogP contribution in [0.3, 0.4) is 0 Å². The highest BCUT2D eigenvalue weighted by molar-refractivity contribution is 5.99. The van der Waals surface area contributed by atoms with E-state index in [4.69, 9.17) is 0 Å². The summed E-state index contributed by atoms with van der Waals surface area (Å²) in [6, 6.07) is 3.55. The van der Waals surface area contributed by atoms with E-state index >= 15 is 0 Å². The van der Waals surface area contributed by atoms with Crippen molar-refractivity contribution in [3.8, 4) is 11.8 Å². The normalized spacial score (nSPS) is 15.0. The number of allylic oxidation sites excluding steroid dienone is 1. The van der Waals surface area contributed by atoms with Crippen molar-refractivity contribution in [2.24, 2.45) is 5.41 Å². The number of quaternary nitrogens is 1. The molecule has 0 radical (unpaired) electrons. The number of pyridine rings is 1. The molecule has 0 amide bonds. The number of Topliss-reactive ketones (excluding diaryl/α,β-unsaturated/α-hetero) is 1. The van der Waals surface area contributed by atoms with Crippen LogP contribution in [-0.2, 0) is 4.79 Å². The molecule has 2 N–H and O–H groups in total. The molecule has 5 heteroatoms. The van der Waals surface area contributed by atoms with E-state index in [9.17, 15) is 10.0 Å². The van der Waals surface area contributed by atoms with Gasteiger partial charge in [0.05, 0.1) is 0 Å². The molecule has 0 bridgehead atoms. The van der Waals surface area contributed by atoms with Gasteiger partial charge in [0.15, 0.2) is 11.5 Å². The number of ketones is 1. The third kappa shape index (κ3) is 4.65. The standard InChI is InChI=1S/C18H23N3O2/c1-18(2,3)16(22)8-4-6-14-9-12-21(13-10-14)17-15(20-23)7-5-11-19-17/h5-7,11H,9-10,12-13,20H2,1-3H3. The summed E-state index contributed by atoms with van der Waals surface area (Å²) in [4.78, 5) is 18.2. The van der Waals surface area contributed by atoms with Gasteiger partial charge in [0.25, 0.3) is 0 Å². The van der Waals surface area contributed by atoms with Gasteiger partial charge >= 0.3 is 0 Å². The van der Waals surface area contributed by atoms with Gasteiger partial charge in [0.2, 0.25) is 5.78 Å². The topological polar surface area (TPSA) is 72.9 Å². The first-order valence-electron chi connectivity index (χ1n) is 7.81. The number of rotatable bonds is 2. The Balaban J connectivity index is 1.98. The number of nitrogens with two attached hydrogens (primary N) is 1. The Labute approximate surface area is 137 Å². The van der Waals surface area contributed by atoms with Crippen molar-refractivity contribution in [3.63, 3.8) is 0 Å². The minimum atomic E-state index is -0.418. The Bertz CT molecular complexity index is 653. The third-order valence-corrected chi connectivity index (χ3v) is 3.79. The minimum Gasteiger partial charge on any atom is -0.630 e. The van der Waals surface area contributed by atoms with Crippen LogP contribution < -0.4 is 10.4 Å². The van der Waals surface area contributed by atoms with Crippen LogP contribution in [0.15, 0.2) is 30.0 Å². The van der Waals surface area contributed by atoms with E-state index in [0.29, 0.717) is 5.69 Å². The lowest BCUT2D eigenvalue weighted by Crippen LogP contribution is -2.70. The van der Waals surface area contributed by atoms with Crippen molar-refractivity contribution in [1.29, 1.82) is 0 Å². The highest BCUT2D eigenvalue weighted by atomic mass is 16.5. The molecule has 1 aliphatic heterocycles. The van der Waals surface area contributed by atoms with Crippen molar-refractivity contribution >= 4 is 17.3 Å². The third-order valence-electron chi connectivity index (χ3n) is 3.79. The van der Waals surface area contributed by atoms with Crippen LogP contribution in [0, 0.1) is 22.5 Å². The molecule has 1 aliphatic rings. The van der Waals surface area contributed by atoms with E-state index < -0.39 is 5.41 Å². The molecule has 1 aromatic heterocycles. The summed E-state index contributed by atoms with van der Waals surface area (Å²) < 4.78 is 0. The van der Waals surface area contributed by atoms with E-state index in [2.05, 4.69) is 21.7 Å². The van der Waals surface area contributed by atoms with Crippen molar-refractivity contribution in [1.82, 2.24) is 4.98 Å². The van der Waals surface area contributed by atoms with Gasteiger partial charge in [-0.25, -0.2) is 4.98 Å². The number of piperidine rings is 1. The lowest BCUT2D eigenvalue weighted by molar-refractivity contribution is -0.496. The molecule has 1 aromatic rings. The Morgan fingerprint density at radius 1 is 1.39 bits per heavy atom. The van der Waals surface area contributed by atoms with E-state index in [0.717, 1.165) is 37.2 Å². The van der Waals surface area contributed by atoms with Crippen molar-refractivity contribution < 1.29 is 10.3 Å². The molecule has 0 aromatic carbocycles. The highest BCUT2D eigenvalue weighted by Gasteiger charge is 2.19. The summed E-state index contributed by atoms with van der Waals surface area (Å²) >= 11 is 0. The van der Waals surface area contributed by atoms with Crippen molar-refractivity contribution in [2.45, 2.75) is 33.6 Å². The maximum absolute atomic E-state index is 11.8. The fourth-order valence-electron chi connectivity index (χ4n) is 2.31. The van der Waals surface area contributed by atoms with Crippen LogP contribution in [0.1, 0.15) is 33.6 Å². The van der Waals surface area contributed by atoms with E-state index in [-0.39, 0.29) is 5.78 Å². The number of aromatic nitrogens is 1. The molecule has 2 rings (SSSR count). The number of carbonyl (C=O) groups is 1. The zero-order chi connectivity index (χ0) is 16.9. The summed E-state index contributed by atoms with van der Waals surface area (Å²) in [6.07, 6.45) is 5.30. The molecular weight excluding hydrogens is 290 g/mol. The van der Waals surface area contributed by atoms with Crippen LogP contribution in [0.25, 0.3) is 0 Å². The molecule has 0 unspecified atom stereocenters. The van der Waals surface area contributed by atoms with Gasteiger partial charge in [-0.3, -0.25) is 4.79 Å². The van der Waals surface area contributed by atoms with Crippen LogP contribution in [0.4, 0.5) is 11.5 Å². The second kappa shape index (κ2) is 7.40. The summed E-state index contributed by atoms with van der Waals surface area (Å²) in [5, 5.41) is 11.1. The Hall–Kier alpha value is -2.16. The van der Waals surface area contributed by atoms with Crippen LogP contribution in [-0.4, -0.2) is 23.9 Å². The number of anilines is 1. The molecule has 122 valence electrons. The molecule has 0 saturated carbocycles. The average molecular weight is 313 g/mol. The van der Waals surface area contributed by atoms with Gasteiger partial charge in [0, 0.05) is 30.8 Å².